The average Bonchev–Trinajstić information content (AvgIpc) is 2.98. The van der Waals surface area contributed by atoms with Crippen molar-refractivity contribution in [1.82, 2.24) is 10.2 Å². The first kappa shape index (κ1) is 14.5. The van der Waals surface area contributed by atoms with Gasteiger partial charge in [0.05, 0.1) is 5.92 Å². The summed E-state index contributed by atoms with van der Waals surface area (Å²) >= 11 is 0. The normalized spacial score (nSPS) is 18.3. The number of para-hydroxylation sites is 1. The predicted octanol–water partition coefficient (Wildman–Crippen LogP) is 3.73. The Hall–Kier alpha value is -2.10. The Labute approximate surface area is 136 Å². The molecule has 3 nitrogen and oxygen atoms in total. The van der Waals surface area contributed by atoms with Crippen molar-refractivity contribution >= 4 is 11.0 Å². The van der Waals surface area contributed by atoms with E-state index in [1.807, 2.05) is 19.2 Å². The summed E-state index contributed by atoms with van der Waals surface area (Å²) in [4.78, 5) is 2.38. The Morgan fingerprint density at radius 1 is 1.17 bits per heavy atom. The van der Waals surface area contributed by atoms with Crippen LogP contribution in [-0.4, -0.2) is 25.5 Å². The summed E-state index contributed by atoms with van der Waals surface area (Å²) in [5.41, 5.74) is 5.13. The van der Waals surface area contributed by atoms with Crippen LogP contribution in [0.3, 0.4) is 0 Å². The minimum Gasteiger partial charge on any atom is -0.460 e. The molecule has 1 atom stereocenters. The molecule has 23 heavy (non-hydrogen) atoms. The van der Waals surface area contributed by atoms with Gasteiger partial charge in [0, 0.05) is 25.0 Å². The first-order chi connectivity index (χ1) is 11.2. The van der Waals surface area contributed by atoms with Crippen LogP contribution in [0, 0.1) is 0 Å². The van der Waals surface area contributed by atoms with E-state index in [9.17, 15) is 0 Å². The van der Waals surface area contributed by atoms with Crippen molar-refractivity contribution in [3.05, 3.63) is 71.0 Å². The number of likely N-dealkylation sites (N-methyl/N-ethyl adjacent to an activating group) is 1. The number of nitrogens with zero attached hydrogens (tertiary/aromatic N) is 1. The third-order valence-electron chi connectivity index (χ3n) is 4.69. The number of hydrogen-bond donors (Lipinski definition) is 1. The van der Waals surface area contributed by atoms with Crippen molar-refractivity contribution in [2.75, 3.05) is 20.6 Å². The lowest BCUT2D eigenvalue weighted by atomic mass is 9.87. The van der Waals surface area contributed by atoms with E-state index < -0.39 is 0 Å². The molecule has 0 bridgehead atoms. The molecule has 1 unspecified atom stereocenters. The minimum absolute atomic E-state index is 0.305. The van der Waals surface area contributed by atoms with Crippen LogP contribution in [0.2, 0.25) is 0 Å². The molecule has 1 aliphatic heterocycles. The lowest BCUT2D eigenvalue weighted by Gasteiger charge is -2.31. The van der Waals surface area contributed by atoms with Crippen LogP contribution in [0.1, 0.15) is 28.4 Å². The van der Waals surface area contributed by atoms with Gasteiger partial charge in [-0.1, -0.05) is 36.4 Å². The Kier molecular flexibility index (Phi) is 3.68. The maximum Gasteiger partial charge on any atom is 0.134 e. The molecule has 1 N–H and O–H groups in total. The molecule has 0 aliphatic carbocycles. The van der Waals surface area contributed by atoms with Crippen molar-refractivity contribution < 1.29 is 4.42 Å². The van der Waals surface area contributed by atoms with Crippen molar-refractivity contribution in [2.24, 2.45) is 0 Å². The largest absolute Gasteiger partial charge is 0.460 e. The maximum absolute atomic E-state index is 6.15. The van der Waals surface area contributed by atoms with E-state index in [-0.39, 0.29) is 0 Å². The molecule has 0 spiro atoms. The van der Waals surface area contributed by atoms with Gasteiger partial charge >= 0.3 is 0 Å². The molecular weight excluding hydrogens is 284 g/mol. The second kappa shape index (κ2) is 5.84. The Morgan fingerprint density at radius 3 is 2.87 bits per heavy atom. The van der Waals surface area contributed by atoms with E-state index in [4.69, 9.17) is 4.42 Å². The zero-order valence-corrected chi connectivity index (χ0v) is 13.7. The standard InChI is InChI=1S/C20H22N2O/c1-21-11-14-7-8-17-16(9-14)12-22(2)13-18(17)20-10-15-5-3-4-6-19(15)23-20/h3-10,18,21H,11-13H2,1-2H3. The van der Waals surface area contributed by atoms with Crippen LogP contribution in [0.5, 0.6) is 0 Å². The molecule has 1 aliphatic rings. The van der Waals surface area contributed by atoms with E-state index in [0.29, 0.717) is 5.92 Å². The van der Waals surface area contributed by atoms with Gasteiger partial charge in [0.2, 0.25) is 0 Å². The molecule has 3 aromatic rings. The summed E-state index contributed by atoms with van der Waals surface area (Å²) in [6.45, 7) is 2.91. The highest BCUT2D eigenvalue weighted by atomic mass is 16.3. The molecule has 0 amide bonds. The van der Waals surface area contributed by atoms with Crippen LogP contribution < -0.4 is 5.32 Å². The van der Waals surface area contributed by atoms with E-state index in [0.717, 1.165) is 31.0 Å². The van der Waals surface area contributed by atoms with Gasteiger partial charge in [0.25, 0.3) is 0 Å². The van der Waals surface area contributed by atoms with Crippen molar-refractivity contribution in [1.29, 1.82) is 0 Å². The second-order valence-corrected chi connectivity index (χ2v) is 6.50. The maximum atomic E-state index is 6.15. The summed E-state index contributed by atoms with van der Waals surface area (Å²) in [5.74, 6) is 1.38. The fraction of sp³-hybridized carbons (Fsp3) is 0.300. The van der Waals surface area contributed by atoms with E-state index in [1.165, 1.54) is 22.1 Å². The van der Waals surface area contributed by atoms with E-state index >= 15 is 0 Å². The lowest BCUT2D eigenvalue weighted by Crippen LogP contribution is -2.31. The molecular formula is C20H22N2O. The molecule has 0 saturated heterocycles. The molecule has 0 fully saturated rings. The minimum atomic E-state index is 0.305. The topological polar surface area (TPSA) is 28.4 Å². The quantitative estimate of drug-likeness (QED) is 0.799. The number of hydrogen-bond acceptors (Lipinski definition) is 3. The fourth-order valence-corrected chi connectivity index (χ4v) is 3.63. The van der Waals surface area contributed by atoms with Gasteiger partial charge in [-0.25, -0.2) is 0 Å². The molecule has 0 radical (unpaired) electrons. The van der Waals surface area contributed by atoms with Gasteiger partial charge in [-0.3, -0.25) is 0 Å². The molecule has 2 heterocycles. The zero-order valence-electron chi connectivity index (χ0n) is 13.7. The highest BCUT2D eigenvalue weighted by molar-refractivity contribution is 5.78. The molecule has 3 heteroatoms. The van der Waals surface area contributed by atoms with Gasteiger partial charge in [-0.2, -0.15) is 0 Å². The van der Waals surface area contributed by atoms with Crippen molar-refractivity contribution in [2.45, 2.75) is 19.0 Å². The zero-order chi connectivity index (χ0) is 15.8. The SMILES string of the molecule is CNCc1ccc2c(c1)CN(C)CC2c1cc2ccccc2o1. The lowest BCUT2D eigenvalue weighted by molar-refractivity contribution is 0.282. The van der Waals surface area contributed by atoms with Crippen molar-refractivity contribution in [3.63, 3.8) is 0 Å². The number of furan rings is 1. The third-order valence-corrected chi connectivity index (χ3v) is 4.69. The molecule has 2 aromatic carbocycles. The van der Waals surface area contributed by atoms with Crippen LogP contribution in [-0.2, 0) is 13.1 Å². The van der Waals surface area contributed by atoms with Crippen LogP contribution in [0.25, 0.3) is 11.0 Å². The molecule has 118 valence electrons. The molecule has 4 rings (SSSR count). The first-order valence-corrected chi connectivity index (χ1v) is 8.18. The highest BCUT2D eigenvalue weighted by Crippen LogP contribution is 2.36. The van der Waals surface area contributed by atoms with Crippen LogP contribution in [0.4, 0.5) is 0 Å². The summed E-state index contributed by atoms with van der Waals surface area (Å²) in [6.07, 6.45) is 0. The predicted molar refractivity (Wildman–Crippen MR) is 93.6 cm³/mol. The van der Waals surface area contributed by atoms with Crippen LogP contribution >= 0.6 is 0 Å². The average molecular weight is 306 g/mol. The van der Waals surface area contributed by atoms with Gasteiger partial charge in [-0.05, 0) is 42.9 Å². The summed E-state index contributed by atoms with van der Waals surface area (Å²) in [5, 5.41) is 4.41. The summed E-state index contributed by atoms with van der Waals surface area (Å²) < 4.78 is 6.15. The monoisotopic (exact) mass is 306 g/mol. The second-order valence-electron chi connectivity index (χ2n) is 6.50. The fourth-order valence-electron chi connectivity index (χ4n) is 3.63. The molecule has 1 aromatic heterocycles. The first-order valence-electron chi connectivity index (χ1n) is 8.18. The molecule has 0 saturated carbocycles. The number of rotatable bonds is 3. The van der Waals surface area contributed by atoms with Crippen LogP contribution in [0.15, 0.2) is 52.9 Å². The number of fused-ring (bicyclic) bond motifs is 2. The Balaban J connectivity index is 1.77. The van der Waals surface area contributed by atoms with Crippen molar-refractivity contribution in [3.8, 4) is 0 Å². The summed E-state index contributed by atoms with van der Waals surface area (Å²) in [7, 11) is 4.17. The number of benzene rings is 2. The third kappa shape index (κ3) is 2.67. The number of nitrogens with one attached hydrogen (secondary N) is 1. The van der Waals surface area contributed by atoms with Gasteiger partial charge in [0.15, 0.2) is 0 Å². The van der Waals surface area contributed by atoms with Gasteiger partial charge < -0.3 is 14.6 Å². The van der Waals surface area contributed by atoms with Gasteiger partial charge in [-0.15, -0.1) is 0 Å². The summed E-state index contributed by atoms with van der Waals surface area (Å²) in [6, 6.07) is 17.3. The van der Waals surface area contributed by atoms with E-state index in [2.05, 4.69) is 53.7 Å². The highest BCUT2D eigenvalue weighted by Gasteiger charge is 2.27. The smallest absolute Gasteiger partial charge is 0.134 e. The van der Waals surface area contributed by atoms with Gasteiger partial charge in [0.1, 0.15) is 11.3 Å². The Bertz CT molecular complexity index is 804. The van der Waals surface area contributed by atoms with E-state index in [1.54, 1.807) is 0 Å². The Morgan fingerprint density at radius 2 is 2.04 bits per heavy atom.